The van der Waals surface area contributed by atoms with Crippen LogP contribution in [-0.4, -0.2) is 40.2 Å². The summed E-state index contributed by atoms with van der Waals surface area (Å²) in [5.74, 6) is 0.0272. The normalized spacial score (nSPS) is 18.3. The lowest BCUT2D eigenvalue weighted by atomic mass is 9.90. The number of nitrogens with zero attached hydrogens (tertiary/aromatic N) is 3. The molecule has 1 saturated heterocycles. The van der Waals surface area contributed by atoms with Crippen molar-refractivity contribution in [2.45, 2.75) is 27.2 Å². The van der Waals surface area contributed by atoms with E-state index in [0.717, 1.165) is 35.5 Å². The molecule has 2 heterocycles. The lowest BCUT2D eigenvalue weighted by molar-refractivity contribution is 0.0777. The Hall–Kier alpha value is -2.63. The Morgan fingerprint density at radius 3 is 2.53 bits per heavy atom. The molecule has 0 spiro atoms. The predicted molar refractivity (Wildman–Crippen MR) is 123 cm³/mol. The molecule has 0 saturated carbocycles. The van der Waals surface area contributed by atoms with Gasteiger partial charge in [-0.3, -0.25) is 4.79 Å². The lowest BCUT2D eigenvalue weighted by Crippen LogP contribution is -2.34. The van der Waals surface area contributed by atoms with Gasteiger partial charge in [0.25, 0.3) is 5.91 Å². The molecule has 0 radical (unpaired) electrons. The first-order chi connectivity index (χ1) is 13.9. The summed E-state index contributed by atoms with van der Waals surface area (Å²) >= 11 is 0. The van der Waals surface area contributed by atoms with Gasteiger partial charge in [0.1, 0.15) is 5.69 Å². The van der Waals surface area contributed by atoms with Crippen LogP contribution in [0.2, 0.25) is 0 Å². The maximum absolute atomic E-state index is 13.5. The summed E-state index contributed by atoms with van der Waals surface area (Å²) < 4.78 is 1.81. The molecule has 1 aromatic heterocycles. The van der Waals surface area contributed by atoms with Gasteiger partial charge < -0.3 is 10.6 Å². The lowest BCUT2D eigenvalue weighted by Gasteiger charge is -2.22. The fraction of sp³-hybridized carbons (Fsp3) is 0.333. The van der Waals surface area contributed by atoms with Crippen LogP contribution >= 0.6 is 12.4 Å². The number of para-hydroxylation sites is 1. The molecular formula is C24H29ClN4O. The van der Waals surface area contributed by atoms with Gasteiger partial charge in [0.05, 0.1) is 11.3 Å². The van der Waals surface area contributed by atoms with Gasteiger partial charge in [0, 0.05) is 24.8 Å². The standard InChI is InChI=1S/C24H28N4O.ClH/c1-17-9-10-20(18(2)13-17)22-21(14-28(26-22)19-7-5-4-6-8-19)23(29)27-12-11-24(3,15-25)16-27;/h4-10,13-14H,11-12,15-16,25H2,1-3H3;1H. The fourth-order valence-corrected chi connectivity index (χ4v) is 4.06. The second-order valence-corrected chi connectivity index (χ2v) is 8.48. The number of aryl methyl sites for hydroxylation is 2. The smallest absolute Gasteiger partial charge is 0.257 e. The molecule has 1 unspecified atom stereocenters. The van der Waals surface area contributed by atoms with E-state index < -0.39 is 0 Å². The number of benzene rings is 2. The molecule has 6 heteroatoms. The van der Waals surface area contributed by atoms with Crippen molar-refractivity contribution in [3.8, 4) is 16.9 Å². The highest BCUT2D eigenvalue weighted by molar-refractivity contribution is 6.00. The largest absolute Gasteiger partial charge is 0.338 e. The van der Waals surface area contributed by atoms with Crippen molar-refractivity contribution >= 4 is 18.3 Å². The number of rotatable bonds is 4. The molecule has 2 N–H and O–H groups in total. The molecule has 4 rings (SSSR count). The minimum atomic E-state index is -0.00891. The molecule has 1 fully saturated rings. The van der Waals surface area contributed by atoms with E-state index in [1.165, 1.54) is 5.56 Å². The highest BCUT2D eigenvalue weighted by atomic mass is 35.5. The Balaban J connectivity index is 0.00000256. The quantitative estimate of drug-likeness (QED) is 0.675. The highest BCUT2D eigenvalue weighted by Crippen LogP contribution is 2.33. The highest BCUT2D eigenvalue weighted by Gasteiger charge is 2.36. The van der Waals surface area contributed by atoms with Crippen LogP contribution in [0.3, 0.4) is 0 Å². The first-order valence-electron chi connectivity index (χ1n) is 10.1. The summed E-state index contributed by atoms with van der Waals surface area (Å²) in [5.41, 5.74) is 11.6. The van der Waals surface area contributed by atoms with Crippen LogP contribution in [0.15, 0.2) is 54.7 Å². The molecule has 0 bridgehead atoms. The number of nitrogens with two attached hydrogens (primary N) is 1. The van der Waals surface area contributed by atoms with E-state index in [2.05, 4.69) is 39.0 Å². The molecule has 1 atom stereocenters. The topological polar surface area (TPSA) is 64.2 Å². The summed E-state index contributed by atoms with van der Waals surface area (Å²) in [4.78, 5) is 15.4. The molecule has 3 aromatic rings. The number of amides is 1. The Labute approximate surface area is 184 Å². The molecule has 158 valence electrons. The molecule has 5 nitrogen and oxygen atoms in total. The number of aromatic nitrogens is 2. The minimum Gasteiger partial charge on any atom is -0.338 e. The van der Waals surface area contributed by atoms with Crippen molar-refractivity contribution < 1.29 is 4.79 Å². The Bertz CT molecular complexity index is 1050. The van der Waals surface area contributed by atoms with Crippen LogP contribution in [0.1, 0.15) is 34.8 Å². The number of carbonyl (C=O) groups excluding carboxylic acids is 1. The van der Waals surface area contributed by atoms with Crippen molar-refractivity contribution in [1.29, 1.82) is 0 Å². The molecule has 0 aliphatic carbocycles. The first-order valence-corrected chi connectivity index (χ1v) is 10.1. The van der Waals surface area contributed by atoms with Crippen LogP contribution < -0.4 is 5.73 Å². The van der Waals surface area contributed by atoms with Gasteiger partial charge in [-0.2, -0.15) is 5.10 Å². The van der Waals surface area contributed by atoms with Gasteiger partial charge in [-0.15, -0.1) is 12.4 Å². The number of hydrogen-bond acceptors (Lipinski definition) is 3. The van der Waals surface area contributed by atoms with Crippen LogP contribution in [0, 0.1) is 19.3 Å². The molecular weight excluding hydrogens is 396 g/mol. The second kappa shape index (κ2) is 8.62. The van der Waals surface area contributed by atoms with Crippen LogP contribution in [0.25, 0.3) is 16.9 Å². The Morgan fingerprint density at radius 2 is 1.90 bits per heavy atom. The zero-order chi connectivity index (χ0) is 20.6. The van der Waals surface area contributed by atoms with E-state index >= 15 is 0 Å². The summed E-state index contributed by atoms with van der Waals surface area (Å²) in [6.07, 6.45) is 2.80. The van der Waals surface area contributed by atoms with Gasteiger partial charge in [0.15, 0.2) is 0 Å². The van der Waals surface area contributed by atoms with Crippen molar-refractivity contribution in [3.63, 3.8) is 0 Å². The number of halogens is 1. The molecule has 1 aliphatic rings. The van der Waals surface area contributed by atoms with Crippen molar-refractivity contribution in [1.82, 2.24) is 14.7 Å². The van der Waals surface area contributed by atoms with Crippen LogP contribution in [-0.2, 0) is 0 Å². The second-order valence-electron chi connectivity index (χ2n) is 8.48. The summed E-state index contributed by atoms with van der Waals surface area (Å²) in [7, 11) is 0. The zero-order valence-corrected chi connectivity index (χ0v) is 18.6. The molecule has 30 heavy (non-hydrogen) atoms. The summed E-state index contributed by atoms with van der Waals surface area (Å²) in [6.45, 7) is 8.30. The average Bonchev–Trinajstić information content (AvgIpc) is 3.33. The predicted octanol–water partition coefficient (Wildman–Crippen LogP) is 4.39. The monoisotopic (exact) mass is 424 g/mol. The summed E-state index contributed by atoms with van der Waals surface area (Å²) in [5, 5.41) is 4.83. The molecule has 1 aliphatic heterocycles. The third-order valence-electron chi connectivity index (χ3n) is 5.94. The molecule has 1 amide bonds. The van der Waals surface area contributed by atoms with E-state index in [9.17, 15) is 4.79 Å². The van der Waals surface area contributed by atoms with Crippen molar-refractivity contribution in [3.05, 3.63) is 71.4 Å². The van der Waals surface area contributed by atoms with Gasteiger partial charge in [-0.25, -0.2) is 4.68 Å². The van der Waals surface area contributed by atoms with E-state index in [1.807, 2.05) is 41.4 Å². The summed E-state index contributed by atoms with van der Waals surface area (Å²) in [6, 6.07) is 16.2. The maximum Gasteiger partial charge on any atom is 0.257 e. The third-order valence-corrected chi connectivity index (χ3v) is 5.94. The number of carbonyl (C=O) groups is 1. The van der Waals surface area contributed by atoms with E-state index in [1.54, 1.807) is 4.68 Å². The van der Waals surface area contributed by atoms with Crippen molar-refractivity contribution in [2.24, 2.45) is 11.1 Å². The Kier molecular flexibility index (Phi) is 6.34. The zero-order valence-electron chi connectivity index (χ0n) is 17.8. The van der Waals surface area contributed by atoms with Crippen LogP contribution in [0.5, 0.6) is 0 Å². The SMILES string of the molecule is Cc1ccc(-c2nn(-c3ccccc3)cc2C(=O)N2CCC(C)(CN)C2)c(C)c1.Cl. The fourth-order valence-electron chi connectivity index (χ4n) is 4.06. The van der Waals surface area contributed by atoms with E-state index in [-0.39, 0.29) is 23.7 Å². The third kappa shape index (κ3) is 4.13. The average molecular weight is 425 g/mol. The van der Waals surface area contributed by atoms with Crippen molar-refractivity contribution in [2.75, 3.05) is 19.6 Å². The number of likely N-dealkylation sites (tertiary alicyclic amines) is 1. The van der Waals surface area contributed by atoms with E-state index in [4.69, 9.17) is 10.8 Å². The first kappa shape index (κ1) is 22.1. The Morgan fingerprint density at radius 1 is 1.17 bits per heavy atom. The van der Waals surface area contributed by atoms with Gasteiger partial charge >= 0.3 is 0 Å². The van der Waals surface area contributed by atoms with Gasteiger partial charge in [-0.05, 0) is 49.9 Å². The molecule has 2 aromatic carbocycles. The minimum absolute atomic E-state index is 0. The maximum atomic E-state index is 13.5. The van der Waals surface area contributed by atoms with E-state index in [0.29, 0.717) is 18.7 Å². The van der Waals surface area contributed by atoms with Gasteiger partial charge in [-0.1, -0.05) is 48.9 Å². The van der Waals surface area contributed by atoms with Crippen LogP contribution in [0.4, 0.5) is 0 Å². The number of hydrogen-bond donors (Lipinski definition) is 1. The van der Waals surface area contributed by atoms with Gasteiger partial charge in [0.2, 0.25) is 0 Å².